The number of hydrogen-bond acceptors (Lipinski definition) is 4. The maximum Gasteiger partial charge on any atom is 0.416 e. The Kier molecular flexibility index (Phi) is 5.77. The number of anilines is 1. The van der Waals surface area contributed by atoms with Crippen molar-refractivity contribution in [1.82, 2.24) is 19.3 Å². The van der Waals surface area contributed by atoms with Gasteiger partial charge in [-0.15, -0.1) is 0 Å². The second-order valence-corrected chi connectivity index (χ2v) is 8.81. The van der Waals surface area contributed by atoms with Crippen molar-refractivity contribution in [3.05, 3.63) is 62.4 Å². The van der Waals surface area contributed by atoms with Gasteiger partial charge in [0.1, 0.15) is 5.69 Å². The first kappa shape index (κ1) is 23.0. The number of fused-ring (bicyclic) bond motifs is 2. The number of aromatic nitrogens is 4. The van der Waals surface area contributed by atoms with Gasteiger partial charge in [-0.2, -0.15) is 18.3 Å². The molecule has 0 aliphatic rings. The predicted octanol–water partition coefficient (Wildman–Crippen LogP) is 4.83. The largest absolute Gasteiger partial charge is 0.416 e. The van der Waals surface area contributed by atoms with Gasteiger partial charge in [-0.25, -0.2) is 4.98 Å². The third-order valence-corrected chi connectivity index (χ3v) is 5.71. The molecule has 0 spiro atoms. The van der Waals surface area contributed by atoms with Crippen molar-refractivity contribution in [3.63, 3.8) is 0 Å². The fourth-order valence-corrected chi connectivity index (χ4v) is 3.93. The van der Waals surface area contributed by atoms with Crippen LogP contribution in [0.25, 0.3) is 21.9 Å². The zero-order chi connectivity index (χ0) is 24.1. The number of amides is 1. The van der Waals surface area contributed by atoms with Crippen LogP contribution >= 0.6 is 15.9 Å². The number of nitrogens with one attached hydrogen (secondary N) is 1. The van der Waals surface area contributed by atoms with Gasteiger partial charge < -0.3 is 4.57 Å². The quantitative estimate of drug-likeness (QED) is 0.417. The molecule has 0 aliphatic heterocycles. The number of imidazole rings is 1. The van der Waals surface area contributed by atoms with Gasteiger partial charge in [0.15, 0.2) is 0 Å². The standard InChI is InChI=1S/C22H19BrF3N5O2/c1-11(2)31-17-8-12(22(24,25)26)4-6-14(17)20(33)16(29-31)10-19(32)28-21-27-15-7-5-13(23)9-18(15)30(21)3/h4-9,11H,10H2,1-3H3,(H,27,28,32). The molecule has 0 atom stereocenters. The highest BCUT2D eigenvalue weighted by molar-refractivity contribution is 9.10. The lowest BCUT2D eigenvalue weighted by molar-refractivity contribution is -0.137. The third-order valence-electron chi connectivity index (χ3n) is 5.22. The van der Waals surface area contributed by atoms with Crippen LogP contribution < -0.4 is 10.7 Å². The molecule has 0 saturated carbocycles. The van der Waals surface area contributed by atoms with E-state index in [0.29, 0.717) is 11.5 Å². The molecule has 0 unspecified atom stereocenters. The van der Waals surface area contributed by atoms with Crippen LogP contribution in [0.15, 0.2) is 45.7 Å². The number of rotatable bonds is 4. The Morgan fingerprint density at radius 1 is 1.15 bits per heavy atom. The molecular weight excluding hydrogens is 503 g/mol. The van der Waals surface area contributed by atoms with Crippen LogP contribution in [0.4, 0.5) is 19.1 Å². The zero-order valence-electron chi connectivity index (χ0n) is 17.9. The maximum absolute atomic E-state index is 13.2. The summed E-state index contributed by atoms with van der Waals surface area (Å²) in [6.45, 7) is 3.47. The number of aryl methyl sites for hydroxylation is 1. The summed E-state index contributed by atoms with van der Waals surface area (Å²) in [7, 11) is 1.75. The SMILES string of the molecule is CC(C)n1nc(CC(=O)Nc2nc3ccc(Br)cc3n2C)c(=O)c2ccc(C(F)(F)F)cc21. The van der Waals surface area contributed by atoms with Crippen LogP contribution in [0.5, 0.6) is 0 Å². The van der Waals surface area contributed by atoms with E-state index in [1.807, 2.05) is 12.1 Å². The second kappa shape index (κ2) is 8.29. The lowest BCUT2D eigenvalue weighted by Gasteiger charge is -2.16. The number of nitrogens with zero attached hydrogens (tertiary/aromatic N) is 4. The van der Waals surface area contributed by atoms with Crippen molar-refractivity contribution in [1.29, 1.82) is 0 Å². The lowest BCUT2D eigenvalue weighted by atomic mass is 10.1. The van der Waals surface area contributed by atoms with Crippen LogP contribution in [0.3, 0.4) is 0 Å². The van der Waals surface area contributed by atoms with Crippen molar-refractivity contribution in [2.24, 2.45) is 7.05 Å². The maximum atomic E-state index is 13.2. The molecule has 172 valence electrons. The average molecular weight is 522 g/mol. The summed E-state index contributed by atoms with van der Waals surface area (Å²) < 4.78 is 43.4. The number of halogens is 4. The Labute approximate surface area is 194 Å². The predicted molar refractivity (Wildman–Crippen MR) is 122 cm³/mol. The molecular formula is C22H19BrF3N5O2. The molecule has 1 N–H and O–H groups in total. The molecule has 4 aromatic rings. The minimum atomic E-state index is -4.55. The van der Waals surface area contributed by atoms with E-state index in [-0.39, 0.29) is 29.1 Å². The van der Waals surface area contributed by atoms with E-state index in [2.05, 4.69) is 31.3 Å². The Bertz CT molecular complexity index is 1460. The van der Waals surface area contributed by atoms with Gasteiger partial charge in [0.05, 0.1) is 28.5 Å². The van der Waals surface area contributed by atoms with Crippen LogP contribution in [0.1, 0.15) is 31.1 Å². The topological polar surface area (TPSA) is 81.8 Å². The van der Waals surface area contributed by atoms with Gasteiger partial charge in [0.25, 0.3) is 0 Å². The van der Waals surface area contributed by atoms with Crippen molar-refractivity contribution in [3.8, 4) is 0 Å². The average Bonchev–Trinajstić information content (AvgIpc) is 3.03. The molecule has 0 aliphatic carbocycles. The molecule has 0 saturated heterocycles. The smallest absolute Gasteiger partial charge is 0.313 e. The fraction of sp³-hybridized carbons (Fsp3) is 0.273. The third kappa shape index (κ3) is 4.37. The molecule has 7 nitrogen and oxygen atoms in total. The first-order valence-electron chi connectivity index (χ1n) is 10.00. The Morgan fingerprint density at radius 2 is 1.88 bits per heavy atom. The molecule has 0 fully saturated rings. The molecule has 1 amide bonds. The summed E-state index contributed by atoms with van der Waals surface area (Å²) >= 11 is 3.40. The number of alkyl halides is 3. The summed E-state index contributed by atoms with van der Waals surface area (Å²) in [5.74, 6) is -0.216. The van der Waals surface area contributed by atoms with E-state index in [9.17, 15) is 22.8 Å². The van der Waals surface area contributed by atoms with Crippen LogP contribution in [0, 0.1) is 0 Å². The highest BCUT2D eigenvalue weighted by Crippen LogP contribution is 2.31. The van der Waals surface area contributed by atoms with E-state index in [4.69, 9.17) is 0 Å². The molecule has 2 aromatic heterocycles. The van der Waals surface area contributed by atoms with Gasteiger partial charge >= 0.3 is 6.18 Å². The van der Waals surface area contributed by atoms with Crippen molar-refractivity contribution >= 4 is 49.7 Å². The number of benzene rings is 2. The number of hydrogen-bond donors (Lipinski definition) is 1. The fourth-order valence-electron chi connectivity index (χ4n) is 3.58. The van der Waals surface area contributed by atoms with Gasteiger partial charge in [-0.3, -0.25) is 19.6 Å². The molecule has 2 heterocycles. The molecule has 11 heteroatoms. The highest BCUT2D eigenvalue weighted by atomic mass is 79.9. The van der Waals surface area contributed by atoms with E-state index < -0.39 is 23.1 Å². The van der Waals surface area contributed by atoms with Crippen LogP contribution in [0.2, 0.25) is 0 Å². The second-order valence-electron chi connectivity index (χ2n) is 7.90. The Hall–Kier alpha value is -3.21. The summed E-state index contributed by atoms with van der Waals surface area (Å²) in [5, 5.41) is 6.98. The first-order valence-corrected chi connectivity index (χ1v) is 10.8. The number of carbonyl (C=O) groups is 1. The van der Waals surface area contributed by atoms with E-state index in [1.165, 1.54) is 4.68 Å². The van der Waals surface area contributed by atoms with Crippen LogP contribution in [-0.2, 0) is 24.4 Å². The van der Waals surface area contributed by atoms with E-state index >= 15 is 0 Å². The van der Waals surface area contributed by atoms with Gasteiger partial charge in [0, 0.05) is 22.9 Å². The monoisotopic (exact) mass is 521 g/mol. The minimum Gasteiger partial charge on any atom is -0.313 e. The number of carbonyl (C=O) groups excluding carboxylic acids is 1. The Morgan fingerprint density at radius 3 is 2.55 bits per heavy atom. The van der Waals surface area contributed by atoms with E-state index in [0.717, 1.165) is 28.2 Å². The van der Waals surface area contributed by atoms with Crippen molar-refractivity contribution in [2.45, 2.75) is 32.5 Å². The zero-order valence-corrected chi connectivity index (χ0v) is 19.5. The van der Waals surface area contributed by atoms with E-state index in [1.54, 1.807) is 31.5 Å². The Balaban J connectivity index is 1.70. The van der Waals surface area contributed by atoms with Gasteiger partial charge in [-0.1, -0.05) is 15.9 Å². The summed E-state index contributed by atoms with van der Waals surface area (Å²) in [5.41, 5.74) is 0.0303. The van der Waals surface area contributed by atoms with Crippen molar-refractivity contribution < 1.29 is 18.0 Å². The van der Waals surface area contributed by atoms with Crippen molar-refractivity contribution in [2.75, 3.05) is 5.32 Å². The summed E-state index contributed by atoms with van der Waals surface area (Å²) in [4.78, 5) is 30.0. The molecule has 0 radical (unpaired) electrons. The lowest BCUT2D eigenvalue weighted by Crippen LogP contribution is -2.26. The van der Waals surface area contributed by atoms with Crippen LogP contribution in [-0.4, -0.2) is 25.2 Å². The normalized spacial score (nSPS) is 12.1. The molecule has 2 aromatic carbocycles. The summed E-state index contributed by atoms with van der Waals surface area (Å²) in [6.07, 6.45) is -4.90. The summed E-state index contributed by atoms with van der Waals surface area (Å²) in [6, 6.07) is 8.05. The highest BCUT2D eigenvalue weighted by Gasteiger charge is 2.31. The minimum absolute atomic E-state index is 0.0602. The first-order chi connectivity index (χ1) is 15.5. The van der Waals surface area contributed by atoms with Gasteiger partial charge in [0.2, 0.25) is 17.3 Å². The molecule has 4 rings (SSSR count). The van der Waals surface area contributed by atoms with Gasteiger partial charge in [-0.05, 0) is 50.2 Å². The molecule has 0 bridgehead atoms. The molecule has 33 heavy (non-hydrogen) atoms.